The number of nitrogens with one attached hydrogen (secondary N) is 1. The van der Waals surface area contributed by atoms with E-state index >= 15 is 0 Å². The van der Waals surface area contributed by atoms with Crippen molar-refractivity contribution in [2.24, 2.45) is 12.9 Å². The molecule has 0 unspecified atom stereocenters. The third-order valence-electron chi connectivity index (χ3n) is 7.36. The van der Waals surface area contributed by atoms with Gasteiger partial charge in [0.05, 0.1) is 28.1 Å². The van der Waals surface area contributed by atoms with Gasteiger partial charge in [0, 0.05) is 58.7 Å². The van der Waals surface area contributed by atoms with Gasteiger partial charge in [-0.25, -0.2) is 13.2 Å². The van der Waals surface area contributed by atoms with Crippen LogP contribution in [0.2, 0.25) is 5.02 Å². The molecule has 4 heterocycles. The van der Waals surface area contributed by atoms with Crippen LogP contribution in [0.25, 0.3) is 16.8 Å². The van der Waals surface area contributed by atoms with E-state index in [2.05, 4.69) is 10.3 Å². The van der Waals surface area contributed by atoms with E-state index in [1.807, 2.05) is 0 Å². The standard InChI is InChI=1S/C29H28ClF3N4O2/c1-16-4-3-5-23(22-14-18(8-11-34-22)27-21(35-29(16)39)10-12-36(27)2)37-13-9-17(15-24(37)38)25-19(28(32)33)6-7-20(30)26(25)31/h6-8,10-12,14-16,23,28H,3-5,9,13H2,1-2H3,(H,35,39)/t16-,23+/m1/s1/i2D3. The first-order valence-electron chi connectivity index (χ1n) is 14.1. The maximum atomic E-state index is 14.9. The highest BCUT2D eigenvalue weighted by atomic mass is 35.5. The average molecular weight is 560 g/mol. The monoisotopic (exact) mass is 559 g/mol. The van der Waals surface area contributed by atoms with Crippen LogP contribution in [0.5, 0.6) is 0 Å². The zero-order valence-corrected chi connectivity index (χ0v) is 21.8. The number of benzene rings is 1. The second-order valence-corrected chi connectivity index (χ2v) is 10.2. The number of alkyl halides is 2. The first-order chi connectivity index (χ1) is 19.9. The maximum absolute atomic E-state index is 14.9. The van der Waals surface area contributed by atoms with E-state index in [9.17, 15) is 22.8 Å². The van der Waals surface area contributed by atoms with Gasteiger partial charge in [-0.05, 0) is 49.1 Å². The molecule has 0 saturated heterocycles. The van der Waals surface area contributed by atoms with Crippen LogP contribution >= 0.6 is 11.6 Å². The summed E-state index contributed by atoms with van der Waals surface area (Å²) in [6, 6.07) is 6.43. The Bertz CT molecular complexity index is 1570. The van der Waals surface area contributed by atoms with Crippen molar-refractivity contribution in [1.82, 2.24) is 14.5 Å². The highest BCUT2D eigenvalue weighted by Gasteiger charge is 2.32. The number of nitrogens with zero attached hydrogens (tertiary/aromatic N) is 3. The van der Waals surface area contributed by atoms with Crippen LogP contribution in [-0.4, -0.2) is 32.8 Å². The largest absolute Gasteiger partial charge is 0.349 e. The fraction of sp³-hybridized carbons (Fsp3) is 0.345. The summed E-state index contributed by atoms with van der Waals surface area (Å²) < 4.78 is 67.5. The molecular weight excluding hydrogens is 529 g/mol. The smallest absolute Gasteiger partial charge is 0.264 e. The van der Waals surface area contributed by atoms with E-state index in [-0.39, 0.29) is 40.7 Å². The van der Waals surface area contributed by atoms with Gasteiger partial charge in [0.1, 0.15) is 5.82 Å². The molecule has 6 nitrogen and oxygen atoms in total. The van der Waals surface area contributed by atoms with E-state index in [1.54, 1.807) is 30.0 Å². The molecule has 1 aromatic carbocycles. The Labute approximate surface area is 233 Å². The van der Waals surface area contributed by atoms with Gasteiger partial charge in [0.25, 0.3) is 6.43 Å². The van der Waals surface area contributed by atoms with Crippen LogP contribution in [0.1, 0.15) is 66.0 Å². The first-order valence-corrected chi connectivity index (χ1v) is 13.0. The Kier molecular flexibility index (Phi) is 6.50. The molecule has 5 rings (SSSR count). The van der Waals surface area contributed by atoms with Crippen LogP contribution in [0.3, 0.4) is 0 Å². The average Bonchev–Trinajstić information content (AvgIpc) is 3.36. The van der Waals surface area contributed by atoms with Crippen molar-refractivity contribution < 1.29 is 26.9 Å². The highest BCUT2D eigenvalue weighted by molar-refractivity contribution is 6.31. The highest BCUT2D eigenvalue weighted by Crippen LogP contribution is 2.39. The number of carbonyl (C=O) groups is 2. The summed E-state index contributed by atoms with van der Waals surface area (Å²) in [5.41, 5.74) is 0.847. The van der Waals surface area contributed by atoms with E-state index in [0.717, 1.165) is 22.8 Å². The van der Waals surface area contributed by atoms with Crippen molar-refractivity contribution in [3.8, 4) is 11.3 Å². The Morgan fingerprint density at radius 1 is 1.21 bits per heavy atom. The molecule has 0 saturated carbocycles. The number of carbonyl (C=O) groups excluding carboxylic acids is 2. The molecule has 0 aliphatic carbocycles. The number of rotatable bonds is 3. The van der Waals surface area contributed by atoms with Gasteiger partial charge in [-0.1, -0.05) is 31.0 Å². The van der Waals surface area contributed by atoms with Crippen LogP contribution < -0.4 is 5.32 Å². The molecule has 2 aliphatic rings. The summed E-state index contributed by atoms with van der Waals surface area (Å²) in [6.45, 7) is -0.654. The Morgan fingerprint density at radius 2 is 2.03 bits per heavy atom. The summed E-state index contributed by atoms with van der Waals surface area (Å²) in [6.07, 6.45) is 2.70. The lowest BCUT2D eigenvalue weighted by Gasteiger charge is -2.35. The lowest BCUT2D eigenvalue weighted by atomic mass is 9.91. The summed E-state index contributed by atoms with van der Waals surface area (Å²) in [4.78, 5) is 32.6. The molecule has 0 radical (unpaired) electrons. The van der Waals surface area contributed by atoms with Gasteiger partial charge in [-0.15, -0.1) is 0 Å². The molecule has 2 atom stereocenters. The van der Waals surface area contributed by atoms with E-state index in [1.165, 1.54) is 12.4 Å². The Morgan fingerprint density at radius 3 is 2.77 bits per heavy atom. The summed E-state index contributed by atoms with van der Waals surface area (Å²) in [5, 5.41) is 2.54. The number of aromatic nitrogens is 2. The second kappa shape index (κ2) is 10.9. The van der Waals surface area contributed by atoms with Crippen LogP contribution in [0.15, 0.2) is 48.8 Å². The molecule has 204 valence electrons. The normalized spacial score (nSPS) is 21.6. The van der Waals surface area contributed by atoms with Gasteiger partial charge >= 0.3 is 0 Å². The van der Waals surface area contributed by atoms with E-state index in [4.69, 9.17) is 15.7 Å². The lowest BCUT2D eigenvalue weighted by Crippen LogP contribution is -2.38. The molecular formula is C29H28ClF3N4O2. The Hall–Kier alpha value is -3.59. The first kappa shape index (κ1) is 23.3. The summed E-state index contributed by atoms with van der Waals surface area (Å²) >= 11 is 5.89. The molecule has 2 bridgehead atoms. The number of aryl methyl sites for hydroxylation is 1. The minimum absolute atomic E-state index is 0.100. The van der Waals surface area contributed by atoms with Gasteiger partial charge in [-0.2, -0.15) is 0 Å². The zero-order chi connectivity index (χ0) is 30.3. The van der Waals surface area contributed by atoms with Crippen molar-refractivity contribution in [3.05, 3.63) is 76.5 Å². The molecule has 10 heteroatoms. The number of fused-ring (bicyclic) bond motifs is 4. The Balaban J connectivity index is 1.57. The molecule has 2 aromatic heterocycles. The van der Waals surface area contributed by atoms with Gasteiger partial charge in [0.15, 0.2) is 0 Å². The number of amides is 2. The van der Waals surface area contributed by atoms with Gasteiger partial charge in [-0.3, -0.25) is 14.6 Å². The van der Waals surface area contributed by atoms with Crippen molar-refractivity contribution in [2.75, 3.05) is 11.9 Å². The van der Waals surface area contributed by atoms with Crippen molar-refractivity contribution in [2.45, 2.75) is 45.1 Å². The van der Waals surface area contributed by atoms with Crippen molar-refractivity contribution in [3.63, 3.8) is 0 Å². The quantitative estimate of drug-likeness (QED) is 0.378. The number of hydrogen-bond donors (Lipinski definition) is 1. The minimum Gasteiger partial charge on any atom is -0.349 e. The third-order valence-corrected chi connectivity index (χ3v) is 7.66. The SMILES string of the molecule is [2H]C([2H])([2H])n1ccc2c1-c1ccnc(c1)[C@@H](N1CCC(c3c(C(F)F)ccc(Cl)c3F)=CC1=O)CCC[C@@H](C)C(=O)N2. The molecule has 0 fully saturated rings. The van der Waals surface area contributed by atoms with Crippen LogP contribution in [0.4, 0.5) is 18.9 Å². The van der Waals surface area contributed by atoms with Crippen molar-refractivity contribution in [1.29, 1.82) is 0 Å². The van der Waals surface area contributed by atoms with E-state index < -0.39 is 42.6 Å². The predicted molar refractivity (Wildman–Crippen MR) is 144 cm³/mol. The topological polar surface area (TPSA) is 67.2 Å². The molecule has 39 heavy (non-hydrogen) atoms. The number of pyridine rings is 1. The molecule has 3 aromatic rings. The number of halogens is 4. The van der Waals surface area contributed by atoms with Crippen molar-refractivity contribution >= 4 is 34.7 Å². The molecule has 1 N–H and O–H groups in total. The third kappa shape index (κ3) is 5.20. The number of hydrogen-bond acceptors (Lipinski definition) is 3. The maximum Gasteiger partial charge on any atom is 0.264 e. The van der Waals surface area contributed by atoms with Crippen LogP contribution in [-0.2, 0) is 16.6 Å². The van der Waals surface area contributed by atoms with Gasteiger partial charge < -0.3 is 14.8 Å². The molecule has 2 amide bonds. The number of anilines is 1. The lowest BCUT2D eigenvalue weighted by molar-refractivity contribution is -0.129. The summed E-state index contributed by atoms with van der Waals surface area (Å²) in [5.74, 6) is -2.16. The fourth-order valence-corrected chi connectivity index (χ4v) is 5.47. The van der Waals surface area contributed by atoms with Gasteiger partial charge in [0.2, 0.25) is 11.8 Å². The zero-order valence-electron chi connectivity index (χ0n) is 24.1. The molecule has 2 aliphatic heterocycles. The minimum atomic E-state index is -2.96. The fourth-order valence-electron chi connectivity index (χ4n) is 5.31. The molecule has 0 spiro atoms. The summed E-state index contributed by atoms with van der Waals surface area (Å²) in [7, 11) is 0. The second-order valence-electron chi connectivity index (χ2n) is 9.83. The van der Waals surface area contributed by atoms with Crippen LogP contribution in [0, 0.1) is 11.7 Å². The predicted octanol–water partition coefficient (Wildman–Crippen LogP) is 6.93. The van der Waals surface area contributed by atoms with E-state index in [0.29, 0.717) is 36.2 Å².